The monoisotopic (exact) mass is 271 g/mol. The number of aliphatic hydroxyl groups excluding tert-OH is 1. The second-order valence-electron chi connectivity index (χ2n) is 6.99. The summed E-state index contributed by atoms with van der Waals surface area (Å²) in [5.41, 5.74) is 1.92. The first-order valence-corrected chi connectivity index (χ1v) is 7.83. The quantitative estimate of drug-likeness (QED) is 0.918. The molecule has 1 heterocycles. The topological polar surface area (TPSA) is 61.8 Å². The molecule has 4 nitrogen and oxygen atoms in total. The minimum atomic E-state index is -0.0290. The molecule has 0 saturated heterocycles. The van der Waals surface area contributed by atoms with Crippen LogP contribution in [-0.2, 0) is 13.2 Å². The highest BCUT2D eigenvalue weighted by Crippen LogP contribution is 2.59. The lowest BCUT2D eigenvalue weighted by atomic mass is 9.51. The summed E-state index contributed by atoms with van der Waals surface area (Å²) in [6, 6.07) is 4.25. The normalized spacial score (nSPS) is 38.1. The van der Waals surface area contributed by atoms with Gasteiger partial charge in [-0.3, -0.25) is 4.68 Å². The van der Waals surface area contributed by atoms with E-state index >= 15 is 0 Å². The maximum absolute atomic E-state index is 9.34. The summed E-state index contributed by atoms with van der Waals surface area (Å²) in [5, 5.41) is 22.7. The zero-order valence-electron chi connectivity index (χ0n) is 11.7. The van der Waals surface area contributed by atoms with E-state index in [1.807, 2.05) is 10.7 Å². The van der Waals surface area contributed by atoms with Gasteiger partial charge in [-0.25, -0.2) is 0 Å². The van der Waals surface area contributed by atoms with Gasteiger partial charge in [0.2, 0.25) is 0 Å². The van der Waals surface area contributed by atoms with Crippen LogP contribution in [0.25, 0.3) is 0 Å². The number of rotatable bonds is 3. The molecule has 4 aliphatic rings. The van der Waals surface area contributed by atoms with E-state index in [2.05, 4.69) is 11.2 Å². The highest BCUT2D eigenvalue weighted by molar-refractivity contribution is 5.21. The van der Waals surface area contributed by atoms with Crippen molar-refractivity contribution >= 4 is 0 Å². The van der Waals surface area contributed by atoms with Crippen molar-refractivity contribution in [2.24, 2.45) is 23.7 Å². The Labute approximate surface area is 119 Å². The molecule has 0 amide bonds. The second-order valence-corrected chi connectivity index (χ2v) is 6.99. The van der Waals surface area contributed by atoms with Gasteiger partial charge in [0.1, 0.15) is 6.54 Å². The molecule has 0 aromatic carbocycles. The first-order chi connectivity index (χ1) is 9.78. The summed E-state index contributed by atoms with van der Waals surface area (Å²) >= 11 is 0. The van der Waals surface area contributed by atoms with Crippen LogP contribution in [0.2, 0.25) is 0 Å². The van der Waals surface area contributed by atoms with E-state index in [0.29, 0.717) is 18.2 Å². The average molecular weight is 271 g/mol. The van der Waals surface area contributed by atoms with Crippen LogP contribution in [0.15, 0.2) is 6.07 Å². The predicted molar refractivity (Wildman–Crippen MR) is 73.5 cm³/mol. The largest absolute Gasteiger partial charge is 0.390 e. The molecule has 4 saturated carbocycles. The SMILES string of the molecule is N#CCn1nc(CO)cc1C1C2CC3CC(C2)CC1C3. The van der Waals surface area contributed by atoms with Gasteiger partial charge >= 0.3 is 0 Å². The third kappa shape index (κ3) is 1.80. The van der Waals surface area contributed by atoms with Crippen LogP contribution in [0.1, 0.15) is 49.4 Å². The number of hydrogen-bond acceptors (Lipinski definition) is 3. The van der Waals surface area contributed by atoms with Crippen molar-refractivity contribution in [1.29, 1.82) is 5.26 Å². The summed E-state index contributed by atoms with van der Waals surface area (Å²) in [5.74, 6) is 4.06. The molecule has 1 aromatic heterocycles. The van der Waals surface area contributed by atoms with Crippen molar-refractivity contribution in [1.82, 2.24) is 9.78 Å². The molecule has 0 atom stereocenters. The lowest BCUT2D eigenvalue weighted by molar-refractivity contribution is -0.00547. The number of aliphatic hydroxyl groups is 1. The molecule has 1 N–H and O–H groups in total. The molecule has 4 fully saturated rings. The molecular formula is C16H21N3O. The van der Waals surface area contributed by atoms with Crippen molar-refractivity contribution in [2.75, 3.05) is 0 Å². The Morgan fingerprint density at radius 3 is 2.40 bits per heavy atom. The maximum atomic E-state index is 9.34. The van der Waals surface area contributed by atoms with Crippen LogP contribution >= 0.6 is 0 Å². The minimum Gasteiger partial charge on any atom is -0.390 e. The van der Waals surface area contributed by atoms with Crippen molar-refractivity contribution in [3.05, 3.63) is 17.5 Å². The van der Waals surface area contributed by atoms with E-state index in [9.17, 15) is 5.11 Å². The van der Waals surface area contributed by atoms with E-state index in [1.165, 1.54) is 37.8 Å². The van der Waals surface area contributed by atoms with Crippen molar-refractivity contribution < 1.29 is 5.11 Å². The number of aromatic nitrogens is 2. The lowest BCUT2D eigenvalue weighted by Gasteiger charge is -2.54. The fraction of sp³-hybridized carbons (Fsp3) is 0.750. The highest BCUT2D eigenvalue weighted by Gasteiger charge is 2.49. The molecule has 0 radical (unpaired) electrons. The Hall–Kier alpha value is -1.34. The molecule has 0 spiro atoms. The van der Waals surface area contributed by atoms with Crippen LogP contribution in [0.4, 0.5) is 0 Å². The minimum absolute atomic E-state index is 0.0290. The Bertz CT molecular complexity index is 529. The summed E-state index contributed by atoms with van der Waals surface area (Å²) in [6.07, 6.45) is 6.92. The number of nitrogens with zero attached hydrogens (tertiary/aromatic N) is 3. The Balaban J connectivity index is 1.70. The van der Waals surface area contributed by atoms with Crippen LogP contribution < -0.4 is 0 Å². The molecule has 1 aromatic rings. The third-order valence-electron chi connectivity index (χ3n) is 5.81. The van der Waals surface area contributed by atoms with Gasteiger partial charge in [0, 0.05) is 11.6 Å². The van der Waals surface area contributed by atoms with Crippen LogP contribution in [0, 0.1) is 35.0 Å². The third-order valence-corrected chi connectivity index (χ3v) is 5.81. The van der Waals surface area contributed by atoms with Crippen LogP contribution in [0.3, 0.4) is 0 Å². The van der Waals surface area contributed by atoms with Crippen molar-refractivity contribution in [3.8, 4) is 6.07 Å². The molecule has 0 aliphatic heterocycles. The standard InChI is InChI=1S/C16H21N3O/c17-1-2-19-15(8-14(9-20)18-19)16-12-4-10-3-11(6-12)7-13(16)5-10/h8,10-13,16,20H,2-7,9H2. The van der Waals surface area contributed by atoms with Gasteiger partial charge in [-0.2, -0.15) is 10.4 Å². The van der Waals surface area contributed by atoms with Gasteiger partial charge in [0.15, 0.2) is 0 Å². The van der Waals surface area contributed by atoms with Crippen molar-refractivity contribution in [3.63, 3.8) is 0 Å². The Kier molecular flexibility index (Phi) is 2.85. The van der Waals surface area contributed by atoms with Crippen LogP contribution in [0.5, 0.6) is 0 Å². The summed E-state index contributed by atoms with van der Waals surface area (Å²) in [4.78, 5) is 0. The molecule has 4 aliphatic carbocycles. The molecule has 4 bridgehead atoms. The summed E-state index contributed by atoms with van der Waals surface area (Å²) < 4.78 is 1.85. The predicted octanol–water partition coefficient (Wildman–Crippen LogP) is 2.44. The van der Waals surface area contributed by atoms with Gasteiger partial charge in [0.05, 0.1) is 18.4 Å². The molecule has 4 heteroatoms. The number of hydrogen-bond donors (Lipinski definition) is 1. The zero-order valence-corrected chi connectivity index (χ0v) is 11.7. The molecule has 5 rings (SSSR count). The van der Waals surface area contributed by atoms with Gasteiger partial charge in [-0.05, 0) is 61.8 Å². The van der Waals surface area contributed by atoms with Crippen LogP contribution in [-0.4, -0.2) is 14.9 Å². The first-order valence-electron chi connectivity index (χ1n) is 7.83. The van der Waals surface area contributed by atoms with Gasteiger partial charge < -0.3 is 5.11 Å². The van der Waals surface area contributed by atoms with E-state index in [4.69, 9.17) is 5.26 Å². The molecule has 0 unspecified atom stereocenters. The van der Waals surface area contributed by atoms with Gasteiger partial charge in [-0.15, -0.1) is 0 Å². The maximum Gasteiger partial charge on any atom is 0.128 e. The summed E-state index contributed by atoms with van der Waals surface area (Å²) in [7, 11) is 0. The van der Waals surface area contributed by atoms with Gasteiger partial charge in [-0.1, -0.05) is 0 Å². The Morgan fingerprint density at radius 1 is 1.20 bits per heavy atom. The summed E-state index contributed by atoms with van der Waals surface area (Å²) in [6.45, 7) is 0.275. The molecular weight excluding hydrogens is 250 g/mol. The van der Waals surface area contributed by atoms with E-state index in [1.54, 1.807) is 0 Å². The Morgan fingerprint density at radius 2 is 1.85 bits per heavy atom. The molecule has 106 valence electrons. The fourth-order valence-corrected chi connectivity index (χ4v) is 5.43. The molecule has 20 heavy (non-hydrogen) atoms. The smallest absolute Gasteiger partial charge is 0.128 e. The van der Waals surface area contributed by atoms with Crippen molar-refractivity contribution in [2.45, 2.75) is 51.2 Å². The van der Waals surface area contributed by atoms with E-state index in [-0.39, 0.29) is 6.61 Å². The van der Waals surface area contributed by atoms with E-state index < -0.39 is 0 Å². The second kappa shape index (κ2) is 4.60. The average Bonchev–Trinajstić information content (AvgIpc) is 2.81. The van der Waals surface area contributed by atoms with E-state index in [0.717, 1.165) is 23.7 Å². The highest BCUT2D eigenvalue weighted by atomic mass is 16.3. The number of nitriles is 1. The van der Waals surface area contributed by atoms with Gasteiger partial charge in [0.25, 0.3) is 0 Å². The first kappa shape index (κ1) is 12.4. The fourth-order valence-electron chi connectivity index (χ4n) is 5.43. The lowest BCUT2D eigenvalue weighted by Crippen LogP contribution is -2.44. The zero-order chi connectivity index (χ0) is 13.7.